The van der Waals surface area contributed by atoms with Crippen molar-refractivity contribution in [2.24, 2.45) is 0 Å². The van der Waals surface area contributed by atoms with Crippen LogP contribution in [0.4, 0.5) is 26.3 Å². The van der Waals surface area contributed by atoms with Crippen molar-refractivity contribution in [1.29, 1.82) is 0 Å². The minimum absolute atomic E-state index is 0.238. The first-order chi connectivity index (χ1) is 10.1. The zero-order valence-corrected chi connectivity index (χ0v) is 12.5. The van der Waals surface area contributed by atoms with E-state index in [9.17, 15) is 26.3 Å². The molecule has 0 bridgehead atoms. The molecule has 8 heteroatoms. The molecule has 0 nitrogen and oxygen atoms in total. The first-order valence-electron chi connectivity index (χ1n) is 5.76. The summed E-state index contributed by atoms with van der Waals surface area (Å²) in [7, 11) is 0. The van der Waals surface area contributed by atoms with Crippen LogP contribution in [0.2, 0.25) is 10.0 Å². The fourth-order valence-corrected chi connectivity index (χ4v) is 2.74. The molecule has 2 aromatic carbocycles. The van der Waals surface area contributed by atoms with E-state index in [2.05, 4.69) is 0 Å². The molecular weight excluding hydrogens is 353 g/mol. The summed E-state index contributed by atoms with van der Waals surface area (Å²) >= 11 is 11.6. The number of fused-ring (bicyclic) bond motifs is 1. The lowest BCUT2D eigenvalue weighted by Crippen LogP contribution is -2.02. The fraction of sp³-hybridized carbons (Fsp3) is 0.143. The van der Waals surface area contributed by atoms with Crippen LogP contribution in [-0.2, 0) is 0 Å². The predicted molar refractivity (Wildman–Crippen MR) is 73.3 cm³/mol. The molecule has 2 aromatic rings. The van der Waals surface area contributed by atoms with Crippen molar-refractivity contribution < 1.29 is 26.3 Å². The molecule has 0 aliphatic rings. The van der Waals surface area contributed by atoms with E-state index < -0.39 is 61.3 Å². The van der Waals surface area contributed by atoms with Gasteiger partial charge in [0.15, 0.2) is 29.1 Å². The van der Waals surface area contributed by atoms with Gasteiger partial charge >= 0.3 is 0 Å². The van der Waals surface area contributed by atoms with Gasteiger partial charge in [0.25, 0.3) is 0 Å². The lowest BCUT2D eigenvalue weighted by Gasteiger charge is -2.15. The van der Waals surface area contributed by atoms with Crippen LogP contribution in [-0.4, -0.2) is 0 Å². The van der Waals surface area contributed by atoms with E-state index in [0.29, 0.717) is 0 Å². The van der Waals surface area contributed by atoms with Gasteiger partial charge in [-0.15, -0.1) is 0 Å². The van der Waals surface area contributed by atoms with Crippen LogP contribution >= 0.6 is 23.2 Å². The molecule has 0 aliphatic carbocycles. The molecule has 0 unspecified atom stereocenters. The molecule has 0 fully saturated rings. The van der Waals surface area contributed by atoms with Crippen molar-refractivity contribution in [3.8, 4) is 0 Å². The van der Waals surface area contributed by atoms with Crippen LogP contribution in [0.15, 0.2) is 5.83 Å². The van der Waals surface area contributed by atoms with Crippen LogP contribution < -0.4 is 0 Å². The van der Waals surface area contributed by atoms with E-state index in [1.807, 2.05) is 0 Å². The Morgan fingerprint density at radius 3 is 1.59 bits per heavy atom. The number of hydrogen-bond acceptors (Lipinski definition) is 0. The second-order valence-electron chi connectivity index (χ2n) is 4.48. The van der Waals surface area contributed by atoms with Crippen molar-refractivity contribution in [1.82, 2.24) is 0 Å². The Labute approximate surface area is 130 Å². The van der Waals surface area contributed by atoms with Crippen molar-refractivity contribution in [2.75, 3.05) is 0 Å². The third-order valence-corrected chi connectivity index (χ3v) is 4.00. The lowest BCUT2D eigenvalue weighted by atomic mass is 9.99. The molecule has 0 saturated heterocycles. The van der Waals surface area contributed by atoms with Gasteiger partial charge in [-0.1, -0.05) is 23.2 Å². The normalized spacial score (nSPS) is 12.8. The second kappa shape index (κ2) is 5.66. The quantitative estimate of drug-likeness (QED) is 0.304. The summed E-state index contributed by atoms with van der Waals surface area (Å²) in [6.45, 7) is 1.93. The van der Waals surface area contributed by atoms with Gasteiger partial charge in [-0.2, -0.15) is 0 Å². The van der Waals surface area contributed by atoms with Crippen molar-refractivity contribution in [3.05, 3.63) is 50.3 Å². The van der Waals surface area contributed by atoms with Crippen molar-refractivity contribution in [2.45, 2.75) is 13.8 Å². The van der Waals surface area contributed by atoms with Gasteiger partial charge in [0, 0.05) is 16.3 Å². The van der Waals surface area contributed by atoms with Crippen LogP contribution in [0.5, 0.6) is 0 Å². The number of benzene rings is 2. The van der Waals surface area contributed by atoms with E-state index in [4.69, 9.17) is 23.2 Å². The second-order valence-corrected chi connectivity index (χ2v) is 5.24. The van der Waals surface area contributed by atoms with Gasteiger partial charge in [-0.05, 0) is 19.4 Å². The van der Waals surface area contributed by atoms with Crippen LogP contribution in [0.3, 0.4) is 0 Å². The Hall–Kier alpha value is -1.40. The first-order valence-corrected chi connectivity index (χ1v) is 6.52. The average molecular weight is 359 g/mol. The van der Waals surface area contributed by atoms with Gasteiger partial charge in [-0.25, -0.2) is 26.3 Å². The zero-order chi connectivity index (χ0) is 16.9. The standard InChI is InChI=1S/C14H6Cl2F6/c1-3-5(10(18)4(2)17)9(16)7-6(8(3)15)11(19)13(21)14(22)12(7)20/h1-2H3/b10-4-. The van der Waals surface area contributed by atoms with E-state index in [0.717, 1.165) is 13.8 Å². The maximum Gasteiger partial charge on any atom is 0.198 e. The zero-order valence-electron chi connectivity index (χ0n) is 11.0. The molecule has 118 valence electrons. The third kappa shape index (κ3) is 2.25. The average Bonchev–Trinajstić information content (AvgIpc) is 2.46. The highest BCUT2D eigenvalue weighted by Crippen LogP contribution is 2.44. The lowest BCUT2D eigenvalue weighted by molar-refractivity contribution is 0.418. The summed E-state index contributed by atoms with van der Waals surface area (Å²) in [5.74, 6) is -10.6. The van der Waals surface area contributed by atoms with Crippen molar-refractivity contribution in [3.63, 3.8) is 0 Å². The fourth-order valence-electron chi connectivity index (χ4n) is 2.06. The molecule has 0 radical (unpaired) electrons. The van der Waals surface area contributed by atoms with Gasteiger partial charge in [-0.3, -0.25) is 0 Å². The maximum absolute atomic E-state index is 13.9. The summed E-state index contributed by atoms with van der Waals surface area (Å²) < 4.78 is 81.4. The van der Waals surface area contributed by atoms with E-state index >= 15 is 0 Å². The highest BCUT2D eigenvalue weighted by Gasteiger charge is 2.28. The molecule has 0 saturated carbocycles. The minimum atomic E-state index is -2.13. The molecule has 0 N–H and O–H groups in total. The summed E-state index contributed by atoms with van der Waals surface area (Å²) in [4.78, 5) is 0. The summed E-state index contributed by atoms with van der Waals surface area (Å²) in [6.07, 6.45) is 0. The Morgan fingerprint density at radius 1 is 0.773 bits per heavy atom. The molecule has 0 heterocycles. The first kappa shape index (κ1) is 17.0. The molecule has 0 atom stereocenters. The summed E-state index contributed by atoms with van der Waals surface area (Å²) in [6, 6.07) is 0. The Morgan fingerprint density at radius 2 is 1.18 bits per heavy atom. The largest absolute Gasteiger partial charge is 0.209 e. The number of rotatable bonds is 1. The monoisotopic (exact) mass is 358 g/mol. The van der Waals surface area contributed by atoms with Gasteiger partial charge < -0.3 is 0 Å². The van der Waals surface area contributed by atoms with Crippen molar-refractivity contribution >= 4 is 39.8 Å². The van der Waals surface area contributed by atoms with Crippen LogP contribution in [0.25, 0.3) is 16.6 Å². The highest BCUT2D eigenvalue weighted by atomic mass is 35.5. The molecule has 0 spiro atoms. The van der Waals surface area contributed by atoms with Crippen LogP contribution in [0, 0.1) is 30.2 Å². The number of hydrogen-bond donors (Lipinski definition) is 0. The number of halogens is 8. The maximum atomic E-state index is 13.9. The predicted octanol–water partition coefficient (Wildman–Crippen LogP) is 6.64. The van der Waals surface area contributed by atoms with Gasteiger partial charge in [0.2, 0.25) is 0 Å². The Balaban J connectivity index is 3.19. The number of allylic oxidation sites excluding steroid dienone is 1. The summed E-state index contributed by atoms with van der Waals surface area (Å²) in [5.41, 5.74) is -0.888. The minimum Gasteiger partial charge on any atom is -0.209 e. The molecule has 0 aliphatic heterocycles. The highest BCUT2D eigenvalue weighted by molar-refractivity contribution is 6.42. The molecule has 2 rings (SSSR count). The third-order valence-electron chi connectivity index (χ3n) is 3.15. The Kier molecular flexibility index (Phi) is 4.37. The topological polar surface area (TPSA) is 0 Å². The van der Waals surface area contributed by atoms with Gasteiger partial charge in [0.1, 0.15) is 5.83 Å². The Bertz CT molecular complexity index is 838. The van der Waals surface area contributed by atoms with E-state index in [-0.39, 0.29) is 5.56 Å². The molecule has 0 amide bonds. The van der Waals surface area contributed by atoms with Crippen LogP contribution in [0.1, 0.15) is 18.1 Å². The summed E-state index contributed by atoms with van der Waals surface area (Å²) in [5, 5.41) is -3.20. The van der Waals surface area contributed by atoms with E-state index in [1.54, 1.807) is 0 Å². The smallest absolute Gasteiger partial charge is 0.198 e. The molecule has 0 aromatic heterocycles. The molecule has 22 heavy (non-hydrogen) atoms. The van der Waals surface area contributed by atoms with Gasteiger partial charge in [0.05, 0.1) is 10.0 Å². The SMILES string of the molecule is C/C(F)=C(/F)c1c(C)c(Cl)c2c(F)c(F)c(F)c(F)c2c1Cl. The van der Waals surface area contributed by atoms with E-state index in [1.165, 1.54) is 0 Å². The molecular formula is C14H6Cl2F6.